The molecule has 2 fully saturated rings. The van der Waals surface area contributed by atoms with E-state index < -0.39 is 12.0 Å². The first-order valence-electron chi connectivity index (χ1n) is 9.80. The van der Waals surface area contributed by atoms with Gasteiger partial charge in [0.25, 0.3) is 5.91 Å². The zero-order valence-corrected chi connectivity index (χ0v) is 17.0. The Morgan fingerprint density at radius 2 is 2.14 bits per heavy atom. The first-order valence-corrected chi connectivity index (χ1v) is 9.80. The summed E-state index contributed by atoms with van der Waals surface area (Å²) in [5.74, 6) is 0.694. The molecule has 0 saturated heterocycles. The Hall–Kier alpha value is -1.92. The Morgan fingerprint density at radius 1 is 1.36 bits per heavy atom. The van der Waals surface area contributed by atoms with Crippen molar-refractivity contribution >= 4 is 24.3 Å². The van der Waals surface area contributed by atoms with Gasteiger partial charge in [-0.3, -0.25) is 9.78 Å². The van der Waals surface area contributed by atoms with E-state index in [1.807, 2.05) is 6.07 Å². The van der Waals surface area contributed by atoms with Crippen LogP contribution in [0.4, 0.5) is 0 Å². The van der Waals surface area contributed by atoms with Crippen molar-refractivity contribution in [1.29, 1.82) is 0 Å². The van der Waals surface area contributed by atoms with Crippen molar-refractivity contribution in [3.05, 3.63) is 41.2 Å². The number of allylic oxidation sites excluding steroid dienone is 1. The molecule has 4 rings (SSSR count). The number of hydrogen-bond donors (Lipinski definition) is 2. The summed E-state index contributed by atoms with van der Waals surface area (Å²) in [5.41, 5.74) is 8.27. The van der Waals surface area contributed by atoms with Crippen LogP contribution in [0.3, 0.4) is 0 Å². The van der Waals surface area contributed by atoms with Crippen LogP contribution < -0.4 is 11.1 Å². The number of rotatable bonds is 6. The summed E-state index contributed by atoms with van der Waals surface area (Å²) in [4.78, 5) is 29.5. The van der Waals surface area contributed by atoms with E-state index in [1.54, 1.807) is 12.3 Å². The summed E-state index contributed by atoms with van der Waals surface area (Å²) < 4.78 is 4.93. The maximum atomic E-state index is 12.7. The number of pyridine rings is 1. The quantitative estimate of drug-likeness (QED) is 0.560. The molecule has 3 aliphatic rings. The molecule has 0 radical (unpaired) electrons. The molecule has 152 valence electrons. The molecule has 0 bridgehead atoms. The minimum absolute atomic E-state index is 0. The molecule has 0 spiro atoms. The number of halogens is 1. The van der Waals surface area contributed by atoms with E-state index in [-0.39, 0.29) is 23.7 Å². The van der Waals surface area contributed by atoms with Gasteiger partial charge in [-0.15, -0.1) is 12.4 Å². The Balaban J connectivity index is 0.00000225. The molecule has 1 heterocycles. The second kappa shape index (κ2) is 8.21. The predicted octanol–water partition coefficient (Wildman–Crippen LogP) is 2.51. The number of amides is 1. The van der Waals surface area contributed by atoms with Gasteiger partial charge >= 0.3 is 5.97 Å². The van der Waals surface area contributed by atoms with Gasteiger partial charge in [-0.1, -0.05) is 12.5 Å². The molecule has 3 atom stereocenters. The first kappa shape index (κ1) is 20.8. The third-order valence-electron chi connectivity index (χ3n) is 6.60. The third-order valence-corrected chi connectivity index (χ3v) is 6.60. The standard InChI is InChI=1S/C21H27N3O3.ClH/c1-27-20(26)18(14-4-3-13-9-16(13)10-14)24-19(25)15-5-6-17(23-11-15)21(12-22)7-2-8-21;/h4-6,11,13,16,18H,2-3,7-10,12,22H2,1H3,(H,24,25);1H/t13?,16?,18-;/m1./s1. The van der Waals surface area contributed by atoms with Crippen molar-refractivity contribution in [2.75, 3.05) is 13.7 Å². The van der Waals surface area contributed by atoms with Gasteiger partial charge in [0, 0.05) is 23.9 Å². The Morgan fingerprint density at radius 3 is 2.68 bits per heavy atom. The molecule has 7 heteroatoms. The minimum atomic E-state index is -0.717. The fourth-order valence-electron chi connectivity index (χ4n) is 4.42. The maximum Gasteiger partial charge on any atom is 0.332 e. The molecule has 2 saturated carbocycles. The highest BCUT2D eigenvalue weighted by molar-refractivity contribution is 5.97. The molecule has 28 heavy (non-hydrogen) atoms. The number of nitrogens with one attached hydrogen (secondary N) is 1. The number of fused-ring (bicyclic) bond motifs is 1. The molecule has 1 aromatic rings. The van der Waals surface area contributed by atoms with E-state index in [2.05, 4.69) is 16.4 Å². The number of aromatic nitrogens is 1. The lowest BCUT2D eigenvalue weighted by molar-refractivity contribution is -0.141. The number of hydrogen-bond acceptors (Lipinski definition) is 5. The summed E-state index contributed by atoms with van der Waals surface area (Å²) in [6.07, 6.45) is 10.0. The summed E-state index contributed by atoms with van der Waals surface area (Å²) in [6.45, 7) is 0.576. The number of carbonyl (C=O) groups is 2. The molecule has 6 nitrogen and oxygen atoms in total. The lowest BCUT2D eigenvalue weighted by Crippen LogP contribution is -2.44. The van der Waals surface area contributed by atoms with Gasteiger partial charge in [-0.25, -0.2) is 4.79 Å². The largest absolute Gasteiger partial charge is 0.467 e. The topological polar surface area (TPSA) is 94.3 Å². The molecule has 3 N–H and O–H groups in total. The third kappa shape index (κ3) is 3.80. The van der Waals surface area contributed by atoms with Gasteiger partial charge in [0.2, 0.25) is 0 Å². The van der Waals surface area contributed by atoms with Crippen molar-refractivity contribution in [2.45, 2.75) is 50.0 Å². The van der Waals surface area contributed by atoms with Crippen LogP contribution in [0.15, 0.2) is 30.0 Å². The van der Waals surface area contributed by atoms with Crippen LogP contribution in [-0.2, 0) is 14.9 Å². The molecule has 1 aromatic heterocycles. The van der Waals surface area contributed by atoms with Crippen molar-refractivity contribution in [2.24, 2.45) is 17.6 Å². The summed E-state index contributed by atoms with van der Waals surface area (Å²) in [5, 5.41) is 2.85. The monoisotopic (exact) mass is 405 g/mol. The highest BCUT2D eigenvalue weighted by atomic mass is 35.5. The van der Waals surface area contributed by atoms with Gasteiger partial charge in [-0.05, 0) is 61.6 Å². The molecule has 3 aliphatic carbocycles. The van der Waals surface area contributed by atoms with Gasteiger partial charge in [0.15, 0.2) is 0 Å². The zero-order valence-electron chi connectivity index (χ0n) is 16.1. The molecule has 0 aliphatic heterocycles. The second-order valence-electron chi connectivity index (χ2n) is 8.17. The Kier molecular flexibility index (Phi) is 6.10. The highest BCUT2D eigenvalue weighted by Crippen LogP contribution is 2.49. The number of carbonyl (C=O) groups excluding carboxylic acids is 2. The number of nitrogens with zero attached hydrogens (tertiary/aromatic N) is 1. The van der Waals surface area contributed by atoms with Crippen LogP contribution in [0.2, 0.25) is 0 Å². The number of esters is 1. The van der Waals surface area contributed by atoms with E-state index in [1.165, 1.54) is 20.0 Å². The van der Waals surface area contributed by atoms with Crippen molar-refractivity contribution in [1.82, 2.24) is 10.3 Å². The second-order valence-corrected chi connectivity index (χ2v) is 8.17. The lowest BCUT2D eigenvalue weighted by Gasteiger charge is -2.40. The van der Waals surface area contributed by atoms with Crippen LogP contribution >= 0.6 is 12.4 Å². The molecule has 0 aromatic carbocycles. The van der Waals surface area contributed by atoms with Gasteiger partial charge < -0.3 is 15.8 Å². The Bertz CT molecular complexity index is 768. The van der Waals surface area contributed by atoms with Crippen LogP contribution in [0.1, 0.15) is 54.6 Å². The molecule has 1 amide bonds. The summed E-state index contributed by atoms with van der Waals surface area (Å²) >= 11 is 0. The highest BCUT2D eigenvalue weighted by Gasteiger charge is 2.42. The average Bonchev–Trinajstić information content (AvgIpc) is 3.44. The van der Waals surface area contributed by atoms with E-state index in [9.17, 15) is 9.59 Å². The predicted molar refractivity (Wildman–Crippen MR) is 108 cm³/mol. The van der Waals surface area contributed by atoms with Gasteiger partial charge in [-0.2, -0.15) is 0 Å². The van der Waals surface area contributed by atoms with E-state index in [0.717, 1.165) is 42.9 Å². The fourth-order valence-corrected chi connectivity index (χ4v) is 4.42. The summed E-state index contributed by atoms with van der Waals surface area (Å²) in [7, 11) is 1.35. The smallest absolute Gasteiger partial charge is 0.332 e. The fraction of sp³-hybridized carbons (Fsp3) is 0.571. The van der Waals surface area contributed by atoms with Gasteiger partial charge in [0.1, 0.15) is 6.04 Å². The average molecular weight is 406 g/mol. The Labute approximate surface area is 171 Å². The van der Waals surface area contributed by atoms with Gasteiger partial charge in [0.05, 0.1) is 12.7 Å². The van der Waals surface area contributed by atoms with E-state index >= 15 is 0 Å². The minimum Gasteiger partial charge on any atom is -0.467 e. The SMILES string of the molecule is COC(=O)[C@H](NC(=O)c1ccc(C2(CN)CCC2)nc1)C1=CCC2CC2C1.Cl. The van der Waals surface area contributed by atoms with Crippen LogP contribution in [0.5, 0.6) is 0 Å². The normalized spacial score (nSPS) is 25.1. The van der Waals surface area contributed by atoms with Crippen LogP contribution in [-0.4, -0.2) is 36.6 Å². The maximum absolute atomic E-state index is 12.7. The summed E-state index contributed by atoms with van der Waals surface area (Å²) in [6, 6.07) is 2.95. The van der Waals surface area contributed by atoms with Crippen molar-refractivity contribution < 1.29 is 14.3 Å². The zero-order chi connectivity index (χ0) is 19.0. The van der Waals surface area contributed by atoms with E-state index in [4.69, 9.17) is 10.5 Å². The van der Waals surface area contributed by atoms with Crippen LogP contribution in [0, 0.1) is 11.8 Å². The van der Waals surface area contributed by atoms with Crippen molar-refractivity contribution in [3.8, 4) is 0 Å². The van der Waals surface area contributed by atoms with Crippen LogP contribution in [0.25, 0.3) is 0 Å². The lowest BCUT2D eigenvalue weighted by atomic mass is 9.66. The van der Waals surface area contributed by atoms with E-state index in [0.29, 0.717) is 18.0 Å². The number of ether oxygens (including phenoxy) is 1. The molecular weight excluding hydrogens is 378 g/mol. The first-order chi connectivity index (χ1) is 13.1. The number of methoxy groups -OCH3 is 1. The molecular formula is C21H28ClN3O3. The molecule has 2 unspecified atom stereocenters. The van der Waals surface area contributed by atoms with Crippen molar-refractivity contribution in [3.63, 3.8) is 0 Å². The number of nitrogens with two attached hydrogens (primary N) is 1.